The minimum atomic E-state index is -0.382. The summed E-state index contributed by atoms with van der Waals surface area (Å²) in [5, 5.41) is 6.36. The molecule has 2 atom stereocenters. The number of aromatic nitrogens is 2. The zero-order valence-electron chi connectivity index (χ0n) is 20.3. The predicted octanol–water partition coefficient (Wildman–Crippen LogP) is 4.87. The van der Waals surface area contributed by atoms with Crippen LogP contribution in [0.2, 0.25) is 0 Å². The van der Waals surface area contributed by atoms with E-state index in [2.05, 4.69) is 20.6 Å². The van der Waals surface area contributed by atoms with Gasteiger partial charge in [0.15, 0.2) is 5.82 Å². The molecular weight excluding hydrogens is 426 g/mol. The smallest absolute Gasteiger partial charge is 0.229 e. The third-order valence-corrected chi connectivity index (χ3v) is 6.07. The number of hydrogen-bond acceptors (Lipinski definition) is 5. The Morgan fingerprint density at radius 3 is 2.29 bits per heavy atom. The van der Waals surface area contributed by atoms with Crippen LogP contribution in [-0.2, 0) is 9.59 Å². The normalized spacial score (nSPS) is 16.4. The van der Waals surface area contributed by atoms with Gasteiger partial charge in [0.05, 0.1) is 12.0 Å². The Morgan fingerprint density at radius 1 is 0.971 bits per heavy atom. The number of carbonyl (C=O) groups is 2. The maximum Gasteiger partial charge on any atom is 0.229 e. The Morgan fingerprint density at radius 2 is 1.62 bits per heavy atom. The second kappa shape index (κ2) is 9.63. The van der Waals surface area contributed by atoms with E-state index in [1.807, 2.05) is 83.1 Å². The molecule has 3 aromatic rings. The fourth-order valence-corrected chi connectivity index (χ4v) is 4.28. The van der Waals surface area contributed by atoms with Gasteiger partial charge in [0, 0.05) is 41.4 Å². The molecule has 1 aliphatic rings. The van der Waals surface area contributed by atoms with Gasteiger partial charge in [-0.05, 0) is 82.1 Å². The standard InChI is InChI=1S/C27H31N5O2/c1-16-6-7-17(2)24(12-16)32-15-21(14-25(32)33)27(34)31-23-10-8-22(9-11-23)30-20(5)26-28-18(3)13-19(4)29-26/h6-13,20-21,30H,14-15H2,1-5H3,(H,31,34). The molecule has 2 amide bonds. The number of aryl methyl sites for hydroxylation is 4. The molecule has 176 valence electrons. The molecule has 4 rings (SSSR count). The quantitative estimate of drug-likeness (QED) is 0.551. The number of amides is 2. The van der Waals surface area contributed by atoms with E-state index in [1.54, 1.807) is 4.90 Å². The largest absolute Gasteiger partial charge is 0.375 e. The van der Waals surface area contributed by atoms with Crippen molar-refractivity contribution in [1.82, 2.24) is 9.97 Å². The van der Waals surface area contributed by atoms with Gasteiger partial charge in [-0.2, -0.15) is 0 Å². The van der Waals surface area contributed by atoms with Crippen molar-refractivity contribution in [2.24, 2.45) is 5.92 Å². The maximum atomic E-state index is 12.9. The van der Waals surface area contributed by atoms with Gasteiger partial charge >= 0.3 is 0 Å². The summed E-state index contributed by atoms with van der Waals surface area (Å²) in [6, 6.07) is 15.5. The molecule has 1 saturated heterocycles. The number of benzene rings is 2. The highest BCUT2D eigenvalue weighted by atomic mass is 16.2. The van der Waals surface area contributed by atoms with E-state index >= 15 is 0 Å². The molecule has 0 saturated carbocycles. The summed E-state index contributed by atoms with van der Waals surface area (Å²) < 4.78 is 0. The van der Waals surface area contributed by atoms with Crippen molar-refractivity contribution >= 4 is 28.9 Å². The summed E-state index contributed by atoms with van der Waals surface area (Å²) in [5.41, 5.74) is 6.50. The van der Waals surface area contributed by atoms with Crippen molar-refractivity contribution in [3.8, 4) is 0 Å². The average Bonchev–Trinajstić information content (AvgIpc) is 3.17. The lowest BCUT2D eigenvalue weighted by molar-refractivity contribution is -0.122. The molecule has 0 aliphatic carbocycles. The van der Waals surface area contributed by atoms with Crippen LogP contribution in [-0.4, -0.2) is 28.3 Å². The lowest BCUT2D eigenvalue weighted by Crippen LogP contribution is -2.28. The van der Waals surface area contributed by atoms with Crippen molar-refractivity contribution in [2.75, 3.05) is 22.1 Å². The monoisotopic (exact) mass is 457 g/mol. The van der Waals surface area contributed by atoms with Gasteiger partial charge in [0.2, 0.25) is 11.8 Å². The number of carbonyl (C=O) groups excluding carboxylic acids is 2. The van der Waals surface area contributed by atoms with E-state index in [0.717, 1.165) is 39.7 Å². The summed E-state index contributed by atoms with van der Waals surface area (Å²) in [6.45, 7) is 10.3. The average molecular weight is 458 g/mol. The molecule has 1 fully saturated rings. The van der Waals surface area contributed by atoms with E-state index in [1.165, 1.54) is 0 Å². The molecule has 34 heavy (non-hydrogen) atoms. The van der Waals surface area contributed by atoms with Crippen molar-refractivity contribution < 1.29 is 9.59 Å². The van der Waals surface area contributed by atoms with Crippen LogP contribution < -0.4 is 15.5 Å². The molecular formula is C27H31N5O2. The number of nitrogens with one attached hydrogen (secondary N) is 2. The van der Waals surface area contributed by atoms with Crippen molar-refractivity contribution in [3.05, 3.63) is 76.9 Å². The summed E-state index contributed by atoms with van der Waals surface area (Å²) in [6.07, 6.45) is 0.215. The van der Waals surface area contributed by atoms with Gasteiger partial charge in [-0.25, -0.2) is 9.97 Å². The fourth-order valence-electron chi connectivity index (χ4n) is 4.28. The molecule has 7 heteroatoms. The molecule has 0 spiro atoms. The first-order valence-corrected chi connectivity index (χ1v) is 11.6. The molecule has 2 unspecified atom stereocenters. The summed E-state index contributed by atoms with van der Waals surface area (Å²) >= 11 is 0. The minimum absolute atomic E-state index is 0.0176. The molecule has 0 radical (unpaired) electrons. The van der Waals surface area contributed by atoms with Crippen LogP contribution in [0.1, 0.15) is 47.7 Å². The van der Waals surface area contributed by atoms with Gasteiger partial charge in [0.1, 0.15) is 0 Å². The highest BCUT2D eigenvalue weighted by Crippen LogP contribution is 2.29. The number of anilines is 3. The second-order valence-corrected chi connectivity index (χ2v) is 9.14. The van der Waals surface area contributed by atoms with Crippen LogP contribution in [0.4, 0.5) is 17.1 Å². The lowest BCUT2D eigenvalue weighted by atomic mass is 10.1. The van der Waals surface area contributed by atoms with Crippen LogP contribution >= 0.6 is 0 Å². The lowest BCUT2D eigenvalue weighted by Gasteiger charge is -2.20. The highest BCUT2D eigenvalue weighted by Gasteiger charge is 2.35. The minimum Gasteiger partial charge on any atom is -0.375 e. The Labute approximate surface area is 200 Å². The SMILES string of the molecule is Cc1ccc(C)c(N2CC(C(=O)Nc3ccc(NC(C)c4nc(C)cc(C)n4)cc3)CC2=O)c1. The van der Waals surface area contributed by atoms with Crippen molar-refractivity contribution in [3.63, 3.8) is 0 Å². The molecule has 1 aliphatic heterocycles. The molecule has 1 aromatic heterocycles. The first-order valence-electron chi connectivity index (χ1n) is 11.6. The number of nitrogens with zero attached hydrogens (tertiary/aromatic N) is 3. The van der Waals surface area contributed by atoms with Gasteiger partial charge in [-0.3, -0.25) is 9.59 Å². The third kappa shape index (κ3) is 5.25. The summed E-state index contributed by atoms with van der Waals surface area (Å²) in [7, 11) is 0. The second-order valence-electron chi connectivity index (χ2n) is 9.14. The van der Waals surface area contributed by atoms with Gasteiger partial charge in [-0.15, -0.1) is 0 Å². The van der Waals surface area contributed by atoms with Gasteiger partial charge in [-0.1, -0.05) is 12.1 Å². The predicted molar refractivity (Wildman–Crippen MR) is 135 cm³/mol. The Kier molecular flexibility index (Phi) is 6.63. The Balaban J connectivity index is 1.37. The molecule has 7 nitrogen and oxygen atoms in total. The summed E-state index contributed by atoms with van der Waals surface area (Å²) in [5.74, 6) is 0.205. The number of hydrogen-bond donors (Lipinski definition) is 2. The van der Waals surface area contributed by atoms with Crippen LogP contribution in [0.5, 0.6) is 0 Å². The highest BCUT2D eigenvalue weighted by molar-refractivity contribution is 6.03. The van der Waals surface area contributed by atoms with Crippen LogP contribution in [0.3, 0.4) is 0 Å². The fraction of sp³-hybridized carbons (Fsp3) is 0.333. The first kappa shape index (κ1) is 23.4. The topological polar surface area (TPSA) is 87.2 Å². The van der Waals surface area contributed by atoms with E-state index < -0.39 is 0 Å². The Hall–Kier alpha value is -3.74. The molecule has 2 heterocycles. The van der Waals surface area contributed by atoms with E-state index in [9.17, 15) is 9.59 Å². The van der Waals surface area contributed by atoms with E-state index in [0.29, 0.717) is 12.2 Å². The Bertz CT molecular complexity index is 1200. The van der Waals surface area contributed by atoms with Crippen molar-refractivity contribution in [2.45, 2.75) is 47.1 Å². The first-order chi connectivity index (χ1) is 16.2. The zero-order chi connectivity index (χ0) is 24.4. The van der Waals surface area contributed by atoms with E-state index in [-0.39, 0.29) is 30.2 Å². The summed E-state index contributed by atoms with van der Waals surface area (Å²) in [4.78, 5) is 36.3. The third-order valence-electron chi connectivity index (χ3n) is 6.07. The molecule has 0 bridgehead atoms. The zero-order valence-corrected chi connectivity index (χ0v) is 20.3. The number of rotatable bonds is 6. The molecule has 2 aromatic carbocycles. The van der Waals surface area contributed by atoms with E-state index in [4.69, 9.17) is 0 Å². The van der Waals surface area contributed by atoms with Gasteiger partial charge in [0.25, 0.3) is 0 Å². The van der Waals surface area contributed by atoms with Crippen LogP contribution in [0.25, 0.3) is 0 Å². The van der Waals surface area contributed by atoms with Gasteiger partial charge < -0.3 is 15.5 Å². The van der Waals surface area contributed by atoms with Crippen LogP contribution in [0.15, 0.2) is 48.5 Å². The maximum absolute atomic E-state index is 12.9. The van der Waals surface area contributed by atoms with Crippen LogP contribution in [0, 0.1) is 33.6 Å². The molecule has 2 N–H and O–H groups in total. The van der Waals surface area contributed by atoms with Crippen molar-refractivity contribution in [1.29, 1.82) is 0 Å².